The zero-order valence-corrected chi connectivity index (χ0v) is 17.2. The summed E-state index contributed by atoms with van der Waals surface area (Å²) in [5, 5.41) is 8.29. The van der Waals surface area contributed by atoms with Crippen LogP contribution in [0.4, 0.5) is 0 Å². The average molecular weight is 403 g/mol. The summed E-state index contributed by atoms with van der Waals surface area (Å²) >= 11 is 0. The van der Waals surface area contributed by atoms with Crippen LogP contribution in [0.25, 0.3) is 0 Å². The number of rotatable bonds is 6. The molecule has 4 rings (SSSR count). The van der Waals surface area contributed by atoms with Crippen LogP contribution in [0.5, 0.6) is 0 Å². The lowest BCUT2D eigenvalue weighted by molar-refractivity contribution is -0.124. The Morgan fingerprint density at radius 2 is 2.21 bits per heavy atom. The zero-order valence-electron chi connectivity index (χ0n) is 17.2. The molecule has 0 bridgehead atoms. The lowest BCUT2D eigenvalue weighted by atomic mass is 9.78. The van der Waals surface area contributed by atoms with Gasteiger partial charge >= 0.3 is 0 Å². The first kappa shape index (κ1) is 20.0. The summed E-state index contributed by atoms with van der Waals surface area (Å²) in [6.45, 7) is 5.26. The minimum absolute atomic E-state index is 0.0101. The summed E-state index contributed by atoms with van der Waals surface area (Å²) < 4.78 is 18.4. The van der Waals surface area contributed by atoms with Gasteiger partial charge in [0.15, 0.2) is 5.82 Å². The molecule has 1 amide bonds. The van der Waals surface area contributed by atoms with Crippen LogP contribution in [0.15, 0.2) is 16.8 Å². The maximum atomic E-state index is 12.7. The highest BCUT2D eigenvalue weighted by atomic mass is 16.5. The molecule has 2 aromatic rings. The standard InChI is InChI=1S/C20H29N5O4/c1-3-25-8-4-16(22-25)19(26)24-9-6-20(7-10-24)13-15(5-11-28-20)12-18-21-17(14-27-2)23-29-18/h4,8,15H,3,5-7,9-14H2,1-2H3. The van der Waals surface area contributed by atoms with Crippen molar-refractivity contribution in [3.05, 3.63) is 29.7 Å². The number of likely N-dealkylation sites (tertiary alicyclic amines) is 1. The van der Waals surface area contributed by atoms with Crippen LogP contribution in [-0.4, -0.2) is 63.1 Å². The van der Waals surface area contributed by atoms with Crippen LogP contribution in [0.3, 0.4) is 0 Å². The van der Waals surface area contributed by atoms with Crippen molar-refractivity contribution in [3.63, 3.8) is 0 Å². The molecule has 2 fully saturated rings. The summed E-state index contributed by atoms with van der Waals surface area (Å²) in [5.74, 6) is 1.71. The molecule has 2 aromatic heterocycles. The van der Waals surface area contributed by atoms with Crippen molar-refractivity contribution in [2.24, 2.45) is 5.92 Å². The van der Waals surface area contributed by atoms with Gasteiger partial charge in [0.05, 0.1) is 5.60 Å². The monoisotopic (exact) mass is 403 g/mol. The summed E-state index contributed by atoms with van der Waals surface area (Å²) in [4.78, 5) is 19.0. The molecule has 1 spiro atoms. The molecule has 4 heterocycles. The molecule has 1 unspecified atom stereocenters. The van der Waals surface area contributed by atoms with E-state index in [2.05, 4.69) is 15.2 Å². The number of hydrogen-bond donors (Lipinski definition) is 0. The predicted octanol–water partition coefficient (Wildman–Crippen LogP) is 2.08. The number of carbonyl (C=O) groups excluding carboxylic acids is 1. The second-order valence-corrected chi connectivity index (χ2v) is 7.98. The number of piperidine rings is 1. The number of methoxy groups -OCH3 is 1. The molecule has 0 N–H and O–H groups in total. The van der Waals surface area contributed by atoms with E-state index < -0.39 is 0 Å². The fourth-order valence-electron chi connectivity index (χ4n) is 4.39. The number of amides is 1. The second kappa shape index (κ2) is 8.62. The topological polar surface area (TPSA) is 95.5 Å². The van der Waals surface area contributed by atoms with Gasteiger partial charge in [0.2, 0.25) is 5.89 Å². The molecule has 1 atom stereocenters. The van der Waals surface area contributed by atoms with Gasteiger partial charge in [-0.3, -0.25) is 9.48 Å². The maximum absolute atomic E-state index is 12.7. The van der Waals surface area contributed by atoms with E-state index in [0.717, 1.165) is 45.3 Å². The number of ether oxygens (including phenoxy) is 2. The smallest absolute Gasteiger partial charge is 0.274 e. The van der Waals surface area contributed by atoms with Crippen molar-refractivity contribution in [3.8, 4) is 0 Å². The molecule has 9 nitrogen and oxygen atoms in total. The Morgan fingerprint density at radius 1 is 1.38 bits per heavy atom. The maximum Gasteiger partial charge on any atom is 0.274 e. The van der Waals surface area contributed by atoms with Gasteiger partial charge in [-0.2, -0.15) is 10.1 Å². The van der Waals surface area contributed by atoms with Crippen LogP contribution >= 0.6 is 0 Å². The zero-order chi connectivity index (χ0) is 20.3. The minimum atomic E-state index is -0.155. The summed E-state index contributed by atoms with van der Waals surface area (Å²) in [6, 6.07) is 1.80. The summed E-state index contributed by atoms with van der Waals surface area (Å²) in [6.07, 6.45) is 6.26. The normalized spacial score (nSPS) is 21.6. The first-order chi connectivity index (χ1) is 14.1. The van der Waals surface area contributed by atoms with Gasteiger partial charge in [0.1, 0.15) is 12.3 Å². The highest BCUT2D eigenvalue weighted by molar-refractivity contribution is 5.92. The van der Waals surface area contributed by atoms with Crippen LogP contribution in [0, 0.1) is 5.92 Å². The Balaban J connectivity index is 1.32. The highest BCUT2D eigenvalue weighted by Crippen LogP contribution is 2.38. The number of hydrogen-bond acceptors (Lipinski definition) is 7. The molecular weight excluding hydrogens is 374 g/mol. The molecule has 2 aliphatic heterocycles. The first-order valence-electron chi connectivity index (χ1n) is 10.4. The van der Waals surface area contributed by atoms with Crippen molar-refractivity contribution < 1.29 is 18.8 Å². The summed E-state index contributed by atoms with van der Waals surface area (Å²) in [5.41, 5.74) is 0.367. The van der Waals surface area contributed by atoms with Crippen molar-refractivity contribution in [2.75, 3.05) is 26.8 Å². The van der Waals surface area contributed by atoms with E-state index in [1.165, 1.54) is 0 Å². The number of nitrogens with zero attached hydrogens (tertiary/aromatic N) is 5. The van der Waals surface area contributed by atoms with Crippen molar-refractivity contribution in [1.29, 1.82) is 0 Å². The highest BCUT2D eigenvalue weighted by Gasteiger charge is 2.41. The Morgan fingerprint density at radius 3 is 2.93 bits per heavy atom. The molecular formula is C20H29N5O4. The molecule has 29 heavy (non-hydrogen) atoms. The fraction of sp³-hybridized carbons (Fsp3) is 0.700. The van der Waals surface area contributed by atoms with E-state index in [4.69, 9.17) is 14.0 Å². The lowest BCUT2D eigenvalue weighted by Crippen LogP contribution is -2.51. The van der Waals surface area contributed by atoms with Gasteiger partial charge < -0.3 is 18.9 Å². The third kappa shape index (κ3) is 4.51. The van der Waals surface area contributed by atoms with E-state index in [1.807, 2.05) is 18.0 Å². The fourth-order valence-corrected chi connectivity index (χ4v) is 4.39. The second-order valence-electron chi connectivity index (χ2n) is 7.98. The van der Waals surface area contributed by atoms with Crippen molar-refractivity contribution in [2.45, 2.75) is 57.8 Å². The van der Waals surface area contributed by atoms with Crippen LogP contribution in [0.1, 0.15) is 54.8 Å². The third-order valence-electron chi connectivity index (χ3n) is 5.99. The van der Waals surface area contributed by atoms with E-state index in [1.54, 1.807) is 17.9 Å². The van der Waals surface area contributed by atoms with Gasteiger partial charge in [-0.15, -0.1) is 0 Å². The van der Waals surface area contributed by atoms with Gasteiger partial charge in [-0.25, -0.2) is 0 Å². The number of carbonyl (C=O) groups is 1. The molecule has 0 aliphatic carbocycles. The quantitative estimate of drug-likeness (QED) is 0.728. The van der Waals surface area contributed by atoms with Crippen LogP contribution < -0.4 is 0 Å². The third-order valence-corrected chi connectivity index (χ3v) is 5.99. The van der Waals surface area contributed by atoms with Gasteiger partial charge in [-0.1, -0.05) is 5.16 Å². The Kier molecular flexibility index (Phi) is 5.96. The number of aromatic nitrogens is 4. The molecule has 2 aliphatic rings. The largest absolute Gasteiger partial charge is 0.377 e. The SMILES string of the molecule is CCn1ccc(C(=O)N2CCC3(CC2)CC(Cc2nc(COC)no2)CCO3)n1. The van der Waals surface area contributed by atoms with Crippen molar-refractivity contribution >= 4 is 5.91 Å². The van der Waals surface area contributed by atoms with Gasteiger partial charge in [0.25, 0.3) is 5.91 Å². The van der Waals surface area contributed by atoms with E-state index in [0.29, 0.717) is 43.0 Å². The minimum Gasteiger partial charge on any atom is -0.377 e. The predicted molar refractivity (Wildman–Crippen MR) is 103 cm³/mol. The Bertz CT molecular complexity index is 824. The van der Waals surface area contributed by atoms with Crippen LogP contribution in [-0.2, 0) is 29.0 Å². The average Bonchev–Trinajstić information content (AvgIpc) is 3.38. The molecule has 9 heteroatoms. The molecule has 0 aromatic carbocycles. The summed E-state index contributed by atoms with van der Waals surface area (Å²) in [7, 11) is 1.62. The van der Waals surface area contributed by atoms with E-state index in [9.17, 15) is 4.79 Å². The van der Waals surface area contributed by atoms with E-state index >= 15 is 0 Å². The Hall–Kier alpha value is -2.26. The Labute approximate surface area is 170 Å². The molecule has 158 valence electrons. The molecule has 0 radical (unpaired) electrons. The van der Waals surface area contributed by atoms with Crippen molar-refractivity contribution in [1.82, 2.24) is 24.8 Å². The van der Waals surface area contributed by atoms with Gasteiger partial charge in [0, 0.05) is 46.0 Å². The number of aryl methyl sites for hydroxylation is 1. The van der Waals surface area contributed by atoms with Gasteiger partial charge in [-0.05, 0) is 44.6 Å². The van der Waals surface area contributed by atoms with Crippen LogP contribution in [0.2, 0.25) is 0 Å². The van der Waals surface area contributed by atoms with E-state index in [-0.39, 0.29) is 11.5 Å². The lowest BCUT2D eigenvalue weighted by Gasteiger charge is -2.46. The molecule has 0 saturated carbocycles. The first-order valence-corrected chi connectivity index (χ1v) is 10.4. The molecule has 2 saturated heterocycles.